The number of hydrogen-bond donors (Lipinski definition) is 1. The molecule has 1 aliphatic carbocycles. The van der Waals surface area contributed by atoms with Crippen LogP contribution < -0.4 is 0 Å². The Hall–Kier alpha value is -4.10. The number of fused-ring (bicyclic) bond motifs is 2. The van der Waals surface area contributed by atoms with Gasteiger partial charge in [-0.25, -0.2) is 22.5 Å². The molecule has 8 nitrogen and oxygen atoms in total. The second-order valence-corrected chi connectivity index (χ2v) is 11.7. The van der Waals surface area contributed by atoms with E-state index >= 15 is 0 Å². The van der Waals surface area contributed by atoms with Gasteiger partial charge in [-0.3, -0.25) is 4.79 Å². The number of sulfonamides is 1. The number of carbonyl (C=O) groups excluding carboxylic acids is 1. The number of nitrogens with zero attached hydrogens (tertiary/aromatic N) is 4. The maximum absolute atomic E-state index is 14.0. The first-order chi connectivity index (χ1) is 19.0. The molecule has 2 aliphatic rings. The molecular formula is C27H21F4N5O3S. The van der Waals surface area contributed by atoms with Gasteiger partial charge in [0.05, 0.1) is 33.5 Å². The van der Waals surface area contributed by atoms with Crippen molar-refractivity contribution in [1.82, 2.24) is 24.1 Å². The number of imidazole rings is 1. The zero-order chi connectivity index (χ0) is 28.3. The molecule has 0 amide bonds. The van der Waals surface area contributed by atoms with Crippen molar-refractivity contribution in [3.05, 3.63) is 101 Å². The van der Waals surface area contributed by atoms with Crippen LogP contribution in [0.3, 0.4) is 0 Å². The summed E-state index contributed by atoms with van der Waals surface area (Å²) in [6.45, 7) is -0.217. The topological polar surface area (TPSA) is 101 Å². The smallest absolute Gasteiger partial charge is 0.342 e. The van der Waals surface area contributed by atoms with E-state index in [9.17, 15) is 30.8 Å². The Morgan fingerprint density at radius 1 is 1.05 bits per heavy atom. The van der Waals surface area contributed by atoms with Crippen molar-refractivity contribution in [1.29, 1.82) is 0 Å². The molecule has 4 aromatic rings. The molecule has 2 aromatic heterocycles. The Kier molecular flexibility index (Phi) is 6.04. The average molecular weight is 572 g/mol. The Morgan fingerprint density at radius 2 is 1.77 bits per heavy atom. The van der Waals surface area contributed by atoms with Crippen molar-refractivity contribution in [2.24, 2.45) is 5.41 Å². The molecule has 2 aromatic carbocycles. The van der Waals surface area contributed by atoms with Gasteiger partial charge in [0.25, 0.3) is 0 Å². The van der Waals surface area contributed by atoms with Crippen LogP contribution in [0, 0.1) is 11.2 Å². The third-order valence-corrected chi connectivity index (χ3v) is 9.28. The van der Waals surface area contributed by atoms with E-state index in [1.807, 2.05) is 6.08 Å². The summed E-state index contributed by atoms with van der Waals surface area (Å²) in [6.07, 6.45) is 2.03. The van der Waals surface area contributed by atoms with Crippen LogP contribution in [0.25, 0.3) is 11.8 Å². The molecule has 1 N–H and O–H groups in total. The fourth-order valence-corrected chi connectivity index (χ4v) is 6.89. The molecule has 13 heteroatoms. The maximum Gasteiger partial charge on any atom is 0.416 e. The van der Waals surface area contributed by atoms with Crippen molar-refractivity contribution < 1.29 is 30.8 Å². The predicted octanol–water partition coefficient (Wildman–Crippen LogP) is 4.66. The molecule has 206 valence electrons. The second kappa shape index (κ2) is 9.24. The third kappa shape index (κ3) is 4.25. The Morgan fingerprint density at radius 3 is 2.42 bits per heavy atom. The van der Waals surface area contributed by atoms with Crippen LogP contribution in [-0.4, -0.2) is 51.3 Å². The summed E-state index contributed by atoms with van der Waals surface area (Å²) in [7, 11) is -4.23. The number of H-pyrrole nitrogens is 1. The van der Waals surface area contributed by atoms with Gasteiger partial charge in [0.2, 0.25) is 15.8 Å². The first-order valence-electron chi connectivity index (χ1n) is 12.2. The third-order valence-electron chi connectivity index (χ3n) is 7.42. The van der Waals surface area contributed by atoms with Crippen LogP contribution in [0.5, 0.6) is 0 Å². The van der Waals surface area contributed by atoms with Crippen LogP contribution >= 0.6 is 0 Å². The second-order valence-electron chi connectivity index (χ2n) is 9.75. The van der Waals surface area contributed by atoms with E-state index in [2.05, 4.69) is 15.1 Å². The van der Waals surface area contributed by atoms with Gasteiger partial charge in [-0.1, -0.05) is 5.57 Å². The summed E-state index contributed by atoms with van der Waals surface area (Å²) in [6, 6.07) is 9.09. The van der Waals surface area contributed by atoms with Crippen LogP contribution in [0.2, 0.25) is 0 Å². The lowest BCUT2D eigenvalue weighted by Gasteiger charge is -2.44. The highest BCUT2D eigenvalue weighted by molar-refractivity contribution is 7.89. The number of halogens is 4. The fraction of sp³-hybridized carbons (Fsp3) is 0.222. The van der Waals surface area contributed by atoms with Gasteiger partial charge in [-0.15, -0.1) is 0 Å². The zero-order valence-electron chi connectivity index (χ0n) is 20.7. The minimum atomic E-state index is -4.61. The number of ketones is 1. The molecule has 1 atom stereocenters. The highest BCUT2D eigenvalue weighted by atomic mass is 32.2. The molecule has 0 bridgehead atoms. The summed E-state index contributed by atoms with van der Waals surface area (Å²) in [5.74, 6) is -0.738. The number of aromatic amines is 1. The van der Waals surface area contributed by atoms with Crippen molar-refractivity contribution in [3.8, 4) is 5.69 Å². The first-order valence-corrected chi connectivity index (χ1v) is 13.7. The van der Waals surface area contributed by atoms with E-state index in [1.165, 1.54) is 24.5 Å². The number of piperidine rings is 1. The number of Topliss-reactive ketones (excluding diaryl/α,β-unsaturated/α-hetero) is 1. The largest absolute Gasteiger partial charge is 0.416 e. The summed E-state index contributed by atoms with van der Waals surface area (Å²) in [5.41, 5.74) is 0.400. The Balaban J connectivity index is 1.40. The molecule has 0 spiro atoms. The van der Waals surface area contributed by atoms with Gasteiger partial charge in [-0.05, 0) is 73.0 Å². The summed E-state index contributed by atoms with van der Waals surface area (Å²) >= 11 is 0. The molecule has 0 saturated carbocycles. The number of alkyl halides is 3. The zero-order valence-corrected chi connectivity index (χ0v) is 21.5. The van der Waals surface area contributed by atoms with Crippen molar-refractivity contribution in [3.63, 3.8) is 0 Å². The van der Waals surface area contributed by atoms with Gasteiger partial charge in [0.1, 0.15) is 5.82 Å². The summed E-state index contributed by atoms with van der Waals surface area (Å²) in [5, 5.41) is 4.44. The van der Waals surface area contributed by atoms with E-state index in [-0.39, 0.29) is 36.7 Å². The highest BCUT2D eigenvalue weighted by Crippen LogP contribution is 2.47. The minimum absolute atomic E-state index is 0.0163. The Labute approximate surface area is 226 Å². The van der Waals surface area contributed by atoms with Gasteiger partial charge < -0.3 is 4.98 Å². The molecule has 3 heterocycles. The fourth-order valence-electron chi connectivity index (χ4n) is 5.39. The van der Waals surface area contributed by atoms with Crippen LogP contribution in [0.1, 0.15) is 33.9 Å². The number of carbonyl (C=O) groups is 1. The standard InChI is InChI=1S/C27H21F4N5O3S/c28-20-3-5-21(6-4-20)36-23-13-19-9-12-35(40(38,39)22-7-1-18(2-8-22)27(29,30)31)16-26(19,14-17(23)15-34-36)24(37)25-32-10-11-33-25/h1-8,10-11,13,15H,9,12,14,16H2,(H,32,33)/t26-/m0/s1. The molecule has 0 radical (unpaired) electrons. The SMILES string of the molecule is O=C(c1ncc[nH]1)[C@]12Cc3cnn(-c4ccc(F)cc4)c3C=C1CCN(S(=O)(=O)c1ccc(C(F)(F)F)cc1)C2. The maximum atomic E-state index is 14.0. The van der Waals surface area contributed by atoms with Crippen LogP contribution in [0.15, 0.2) is 77.6 Å². The van der Waals surface area contributed by atoms with Crippen molar-refractivity contribution >= 4 is 21.9 Å². The number of rotatable bonds is 5. The van der Waals surface area contributed by atoms with Gasteiger partial charge in [-0.2, -0.15) is 22.6 Å². The van der Waals surface area contributed by atoms with Crippen molar-refractivity contribution in [2.45, 2.75) is 23.9 Å². The van der Waals surface area contributed by atoms with E-state index in [4.69, 9.17) is 0 Å². The van der Waals surface area contributed by atoms with Crippen LogP contribution in [0.4, 0.5) is 17.6 Å². The Bertz CT molecular complexity index is 1730. The molecule has 1 aliphatic heterocycles. The average Bonchev–Trinajstić information content (AvgIpc) is 3.61. The summed E-state index contributed by atoms with van der Waals surface area (Å²) < 4.78 is 82.6. The van der Waals surface area contributed by atoms with Gasteiger partial charge >= 0.3 is 6.18 Å². The molecular weight excluding hydrogens is 550 g/mol. The van der Waals surface area contributed by atoms with E-state index in [0.717, 1.165) is 28.6 Å². The van der Waals surface area contributed by atoms with Crippen LogP contribution in [-0.2, 0) is 22.6 Å². The normalized spacial score (nSPS) is 19.6. The van der Waals surface area contributed by atoms with E-state index in [0.29, 0.717) is 22.5 Å². The lowest BCUT2D eigenvalue weighted by molar-refractivity contribution is -0.137. The van der Waals surface area contributed by atoms with E-state index in [1.54, 1.807) is 23.0 Å². The van der Waals surface area contributed by atoms with Crippen molar-refractivity contribution in [2.75, 3.05) is 13.1 Å². The lowest BCUT2D eigenvalue weighted by Crippen LogP contribution is -2.53. The number of benzene rings is 2. The minimum Gasteiger partial charge on any atom is -0.342 e. The lowest BCUT2D eigenvalue weighted by atomic mass is 9.66. The molecule has 0 unspecified atom stereocenters. The molecule has 6 rings (SSSR count). The van der Waals surface area contributed by atoms with E-state index < -0.39 is 38.8 Å². The number of nitrogens with one attached hydrogen (secondary N) is 1. The number of aromatic nitrogens is 4. The first kappa shape index (κ1) is 26.1. The highest BCUT2D eigenvalue weighted by Gasteiger charge is 2.51. The van der Waals surface area contributed by atoms with Gasteiger partial charge in [0.15, 0.2) is 5.82 Å². The predicted molar refractivity (Wildman–Crippen MR) is 135 cm³/mol. The van der Waals surface area contributed by atoms with Gasteiger partial charge in [0, 0.05) is 25.5 Å². The monoisotopic (exact) mass is 571 g/mol. The number of hydrogen-bond acceptors (Lipinski definition) is 5. The summed E-state index contributed by atoms with van der Waals surface area (Å²) in [4.78, 5) is 20.6. The molecule has 1 fully saturated rings. The molecule has 1 saturated heterocycles. The molecule has 40 heavy (non-hydrogen) atoms. The quantitative estimate of drug-likeness (QED) is 0.278.